The molecule has 3 N–H and O–H groups in total. The zero-order valence-corrected chi connectivity index (χ0v) is 17.5. The molecule has 1 aromatic carbocycles. The second kappa shape index (κ2) is 8.22. The molecule has 0 radical (unpaired) electrons. The first kappa shape index (κ1) is 21.4. The Morgan fingerprint density at radius 1 is 1.17 bits per heavy atom. The van der Waals surface area contributed by atoms with Gasteiger partial charge in [0.25, 0.3) is 0 Å². The van der Waals surface area contributed by atoms with Crippen LogP contribution in [0, 0.1) is 0 Å². The molecule has 8 nitrogen and oxygen atoms in total. The summed E-state index contributed by atoms with van der Waals surface area (Å²) in [4.78, 5) is 39.8. The van der Waals surface area contributed by atoms with Gasteiger partial charge in [-0.05, 0) is 33.3 Å². The molecular weight excluding hydrogens is 388 g/mol. The lowest BCUT2D eigenvalue weighted by atomic mass is 9.67. The topological polar surface area (TPSA) is 117 Å². The van der Waals surface area contributed by atoms with Gasteiger partial charge in [-0.2, -0.15) is 0 Å². The maximum atomic E-state index is 13.5. The SMILES string of the molecule is CCCC1=C(C(=O)OCC)C2(C(=O)Nc3ccccc32)C(C(=O)OC(C)C)=C(N)O1. The summed E-state index contributed by atoms with van der Waals surface area (Å²) in [5, 5.41) is 2.77. The Morgan fingerprint density at radius 3 is 2.50 bits per heavy atom. The third-order valence-electron chi connectivity index (χ3n) is 4.93. The van der Waals surface area contributed by atoms with E-state index in [2.05, 4.69) is 5.32 Å². The summed E-state index contributed by atoms with van der Waals surface area (Å²) in [5.74, 6) is -2.20. The van der Waals surface area contributed by atoms with Crippen LogP contribution in [0.5, 0.6) is 0 Å². The Hall–Kier alpha value is -3.29. The van der Waals surface area contributed by atoms with Crippen molar-refractivity contribution in [2.75, 3.05) is 11.9 Å². The molecule has 0 fully saturated rings. The Balaban J connectivity index is 2.38. The number of hydrogen-bond donors (Lipinski definition) is 2. The van der Waals surface area contributed by atoms with E-state index in [1.54, 1.807) is 45.0 Å². The lowest BCUT2D eigenvalue weighted by Gasteiger charge is -2.36. The standard InChI is InChI=1S/C22H26N2O6/c1-5-9-15-16(19(25)28-6-2)22(13-10-7-8-11-14(13)24-21(22)27)17(18(23)30-15)20(26)29-12(3)4/h7-8,10-12H,5-6,9,23H2,1-4H3,(H,24,27). The number of fused-ring (bicyclic) bond motifs is 2. The van der Waals surface area contributed by atoms with E-state index >= 15 is 0 Å². The third-order valence-corrected chi connectivity index (χ3v) is 4.93. The van der Waals surface area contributed by atoms with E-state index < -0.39 is 29.4 Å². The van der Waals surface area contributed by atoms with Crippen molar-refractivity contribution < 1.29 is 28.6 Å². The molecule has 1 amide bonds. The predicted octanol–water partition coefficient (Wildman–Crippen LogP) is 2.65. The fourth-order valence-electron chi connectivity index (χ4n) is 3.91. The minimum absolute atomic E-state index is 0.0430. The van der Waals surface area contributed by atoms with Crippen LogP contribution in [0.2, 0.25) is 0 Å². The van der Waals surface area contributed by atoms with Crippen molar-refractivity contribution in [3.05, 3.63) is 52.6 Å². The summed E-state index contributed by atoms with van der Waals surface area (Å²) in [7, 11) is 0. The highest BCUT2D eigenvalue weighted by atomic mass is 16.6. The van der Waals surface area contributed by atoms with Crippen molar-refractivity contribution in [2.45, 2.75) is 52.1 Å². The van der Waals surface area contributed by atoms with Crippen LogP contribution in [0.25, 0.3) is 0 Å². The number of allylic oxidation sites excluding steroid dienone is 1. The lowest BCUT2D eigenvalue weighted by molar-refractivity contribution is -0.145. The van der Waals surface area contributed by atoms with Gasteiger partial charge in [-0.3, -0.25) is 4.79 Å². The highest BCUT2D eigenvalue weighted by Crippen LogP contribution is 2.53. The number of esters is 2. The smallest absolute Gasteiger partial charge is 0.341 e. The van der Waals surface area contributed by atoms with Crippen molar-refractivity contribution in [2.24, 2.45) is 5.73 Å². The van der Waals surface area contributed by atoms with Crippen molar-refractivity contribution >= 4 is 23.5 Å². The molecule has 0 saturated heterocycles. The monoisotopic (exact) mass is 414 g/mol. The van der Waals surface area contributed by atoms with E-state index in [4.69, 9.17) is 19.9 Å². The van der Waals surface area contributed by atoms with Gasteiger partial charge in [-0.1, -0.05) is 25.1 Å². The average Bonchev–Trinajstić information content (AvgIpc) is 2.94. The maximum absolute atomic E-state index is 13.5. The number of rotatable bonds is 6. The van der Waals surface area contributed by atoms with E-state index in [-0.39, 0.29) is 29.4 Å². The number of nitrogens with two attached hydrogens (primary N) is 1. The van der Waals surface area contributed by atoms with Crippen LogP contribution < -0.4 is 11.1 Å². The molecule has 1 unspecified atom stereocenters. The summed E-state index contributed by atoms with van der Waals surface area (Å²) in [6.07, 6.45) is 0.483. The van der Waals surface area contributed by atoms with Gasteiger partial charge in [0.2, 0.25) is 11.8 Å². The predicted molar refractivity (Wildman–Crippen MR) is 109 cm³/mol. The van der Waals surface area contributed by atoms with Gasteiger partial charge >= 0.3 is 11.9 Å². The summed E-state index contributed by atoms with van der Waals surface area (Å²) in [5.41, 5.74) is 5.00. The largest absolute Gasteiger partial charge is 0.462 e. The number of hydrogen-bond acceptors (Lipinski definition) is 7. The molecular formula is C22H26N2O6. The van der Waals surface area contributed by atoms with Crippen LogP contribution in [0.4, 0.5) is 5.69 Å². The number of ether oxygens (including phenoxy) is 3. The molecule has 2 heterocycles. The minimum atomic E-state index is -1.82. The molecule has 160 valence electrons. The Kier molecular flexibility index (Phi) is 5.87. The number of para-hydroxylation sites is 1. The highest BCUT2D eigenvalue weighted by Gasteiger charge is 2.62. The highest BCUT2D eigenvalue weighted by molar-refractivity contribution is 6.21. The Bertz CT molecular complexity index is 962. The number of carbonyl (C=O) groups is 3. The van der Waals surface area contributed by atoms with Crippen molar-refractivity contribution in [3.63, 3.8) is 0 Å². The number of benzene rings is 1. The van der Waals surface area contributed by atoms with Gasteiger partial charge in [0.05, 0.1) is 12.7 Å². The molecule has 0 aromatic heterocycles. The summed E-state index contributed by atoms with van der Waals surface area (Å²) < 4.78 is 16.4. The lowest BCUT2D eigenvalue weighted by Crippen LogP contribution is -2.49. The van der Waals surface area contributed by atoms with Crippen molar-refractivity contribution in [3.8, 4) is 0 Å². The van der Waals surface area contributed by atoms with Gasteiger partial charge < -0.3 is 25.3 Å². The summed E-state index contributed by atoms with van der Waals surface area (Å²) in [6, 6.07) is 6.84. The van der Waals surface area contributed by atoms with Crippen LogP contribution in [-0.4, -0.2) is 30.6 Å². The fourth-order valence-corrected chi connectivity index (χ4v) is 3.91. The number of nitrogens with one attached hydrogen (secondary N) is 1. The molecule has 30 heavy (non-hydrogen) atoms. The van der Waals surface area contributed by atoms with Gasteiger partial charge in [-0.25, -0.2) is 9.59 Å². The number of amides is 1. The molecule has 8 heteroatoms. The van der Waals surface area contributed by atoms with Gasteiger partial charge in [-0.15, -0.1) is 0 Å². The number of anilines is 1. The maximum Gasteiger partial charge on any atom is 0.341 e. The van der Waals surface area contributed by atoms with Gasteiger partial charge in [0, 0.05) is 17.7 Å². The molecule has 1 aromatic rings. The third kappa shape index (κ3) is 3.22. The zero-order chi connectivity index (χ0) is 22.1. The van der Waals surface area contributed by atoms with Crippen molar-refractivity contribution in [1.29, 1.82) is 0 Å². The van der Waals surface area contributed by atoms with Crippen LogP contribution >= 0.6 is 0 Å². The van der Waals surface area contributed by atoms with E-state index in [0.29, 0.717) is 24.1 Å². The van der Waals surface area contributed by atoms with Crippen molar-refractivity contribution in [1.82, 2.24) is 0 Å². The van der Waals surface area contributed by atoms with Crippen LogP contribution in [-0.2, 0) is 34.0 Å². The zero-order valence-electron chi connectivity index (χ0n) is 17.5. The summed E-state index contributed by atoms with van der Waals surface area (Å²) >= 11 is 0. The molecule has 1 atom stereocenters. The van der Waals surface area contributed by atoms with E-state index in [0.717, 1.165) is 0 Å². The first-order valence-corrected chi connectivity index (χ1v) is 9.99. The van der Waals surface area contributed by atoms with E-state index in [1.165, 1.54) is 0 Å². The van der Waals surface area contributed by atoms with Crippen LogP contribution in [0.1, 0.15) is 46.1 Å². The Morgan fingerprint density at radius 2 is 1.87 bits per heavy atom. The molecule has 0 bridgehead atoms. The molecule has 2 aliphatic heterocycles. The fraction of sp³-hybridized carbons (Fsp3) is 0.409. The average molecular weight is 414 g/mol. The second-order valence-corrected chi connectivity index (χ2v) is 7.31. The molecule has 2 aliphatic rings. The quantitative estimate of drug-likeness (QED) is 0.687. The first-order valence-electron chi connectivity index (χ1n) is 9.99. The minimum Gasteiger partial charge on any atom is -0.462 e. The normalized spacial score (nSPS) is 20.2. The van der Waals surface area contributed by atoms with E-state index in [1.807, 2.05) is 6.92 Å². The van der Waals surface area contributed by atoms with Crippen LogP contribution in [0.3, 0.4) is 0 Å². The second-order valence-electron chi connectivity index (χ2n) is 7.31. The molecule has 0 saturated carbocycles. The van der Waals surface area contributed by atoms with Gasteiger partial charge in [0.1, 0.15) is 22.3 Å². The molecule has 1 spiro atoms. The van der Waals surface area contributed by atoms with Gasteiger partial charge in [0.15, 0.2) is 0 Å². The molecule has 3 rings (SSSR count). The summed E-state index contributed by atoms with van der Waals surface area (Å²) in [6.45, 7) is 7.01. The van der Waals surface area contributed by atoms with E-state index in [9.17, 15) is 14.4 Å². The van der Waals surface area contributed by atoms with Crippen LogP contribution in [0.15, 0.2) is 47.1 Å². The molecule has 0 aliphatic carbocycles. The number of carbonyl (C=O) groups excluding carboxylic acids is 3. The Labute approximate surface area is 175 Å². The first-order chi connectivity index (χ1) is 14.3.